The molecule has 0 unspecified atom stereocenters. The van der Waals surface area contributed by atoms with E-state index in [1.165, 1.54) is 43.8 Å². The minimum absolute atomic E-state index is 0.864. The smallest absolute Gasteiger partial charge is 0.145 e. The number of benzene rings is 10. The lowest BCUT2D eigenvalue weighted by Gasteiger charge is -2.27. The Morgan fingerprint density at radius 1 is 0.361 bits per heavy atom. The monoisotopic (exact) mass is 778 g/mol. The minimum atomic E-state index is 0.864. The van der Waals surface area contributed by atoms with E-state index in [9.17, 15) is 0 Å². The number of hydrogen-bond acceptors (Lipinski definition) is 2. The molecule has 3 nitrogen and oxygen atoms in total. The summed E-state index contributed by atoms with van der Waals surface area (Å²) in [6.45, 7) is 0. The van der Waals surface area contributed by atoms with E-state index < -0.39 is 0 Å². The molecule has 0 aliphatic rings. The first-order valence-corrected chi connectivity index (χ1v) is 20.8. The van der Waals surface area contributed by atoms with Crippen molar-refractivity contribution in [1.29, 1.82) is 0 Å². The molecule has 10 aromatic carbocycles. The highest BCUT2D eigenvalue weighted by Gasteiger charge is 2.24. The van der Waals surface area contributed by atoms with Gasteiger partial charge in [0.05, 0.1) is 22.1 Å². The third kappa shape index (κ3) is 5.90. The Morgan fingerprint density at radius 2 is 0.934 bits per heavy atom. The Labute approximate surface area is 353 Å². The van der Waals surface area contributed by atoms with Crippen LogP contribution in [0.5, 0.6) is 0 Å². The normalized spacial score (nSPS) is 11.6. The van der Waals surface area contributed by atoms with Crippen LogP contribution in [0.15, 0.2) is 235 Å². The van der Waals surface area contributed by atoms with Crippen LogP contribution < -0.4 is 4.90 Å². The van der Waals surface area contributed by atoms with Crippen LogP contribution in [0.25, 0.3) is 93.6 Å². The highest BCUT2D eigenvalue weighted by Crippen LogP contribution is 2.47. The maximum atomic E-state index is 6.88. The van der Waals surface area contributed by atoms with Gasteiger partial charge in [0.25, 0.3) is 0 Å². The quantitative estimate of drug-likeness (QED) is 0.161. The van der Waals surface area contributed by atoms with E-state index in [2.05, 4.69) is 240 Å². The first-order chi connectivity index (χ1) is 30.2. The van der Waals surface area contributed by atoms with Crippen molar-refractivity contribution < 1.29 is 4.42 Å². The van der Waals surface area contributed by atoms with Crippen LogP contribution in [0.2, 0.25) is 0 Å². The van der Waals surface area contributed by atoms with Gasteiger partial charge in [0, 0.05) is 38.8 Å². The molecule has 0 amide bonds. The third-order valence-corrected chi connectivity index (χ3v) is 12.2. The molecule has 3 heteroatoms. The van der Waals surface area contributed by atoms with Gasteiger partial charge in [-0.1, -0.05) is 158 Å². The van der Waals surface area contributed by atoms with Crippen molar-refractivity contribution in [3.05, 3.63) is 231 Å². The van der Waals surface area contributed by atoms with Gasteiger partial charge in [0.1, 0.15) is 11.2 Å². The average Bonchev–Trinajstić information content (AvgIpc) is 3.89. The summed E-state index contributed by atoms with van der Waals surface area (Å²) in [5.41, 5.74) is 15.3. The van der Waals surface area contributed by atoms with Crippen LogP contribution in [-0.2, 0) is 0 Å². The fourth-order valence-electron chi connectivity index (χ4n) is 9.25. The van der Waals surface area contributed by atoms with Crippen LogP contribution in [-0.4, -0.2) is 4.57 Å². The largest absolute Gasteiger partial charge is 0.455 e. The molecule has 286 valence electrons. The molecule has 12 aromatic rings. The fraction of sp³-hybridized carbons (Fsp3) is 0. The summed E-state index contributed by atoms with van der Waals surface area (Å²) in [5, 5.41) is 6.98. The van der Waals surface area contributed by atoms with Gasteiger partial charge in [-0.25, -0.2) is 0 Å². The zero-order valence-electron chi connectivity index (χ0n) is 33.2. The molecule has 0 radical (unpaired) electrons. The fourth-order valence-corrected chi connectivity index (χ4v) is 9.25. The number of fused-ring (bicyclic) bond motifs is 7. The maximum Gasteiger partial charge on any atom is 0.145 e. The summed E-state index contributed by atoms with van der Waals surface area (Å²) in [6, 6.07) is 82.9. The van der Waals surface area contributed by atoms with Crippen molar-refractivity contribution in [2.45, 2.75) is 0 Å². The molecule has 0 saturated carbocycles. The van der Waals surface area contributed by atoms with Gasteiger partial charge in [0.15, 0.2) is 0 Å². The van der Waals surface area contributed by atoms with Gasteiger partial charge < -0.3 is 13.9 Å². The number of rotatable bonds is 7. The Balaban J connectivity index is 1.07. The third-order valence-electron chi connectivity index (χ3n) is 12.2. The number of anilines is 3. The molecule has 0 saturated heterocycles. The van der Waals surface area contributed by atoms with Gasteiger partial charge in [0.2, 0.25) is 0 Å². The summed E-state index contributed by atoms with van der Waals surface area (Å²) in [4.78, 5) is 2.41. The Bertz CT molecular complexity index is 3560. The highest BCUT2D eigenvalue weighted by molar-refractivity contribution is 6.18. The molecule has 0 aliphatic carbocycles. The van der Waals surface area contributed by atoms with E-state index >= 15 is 0 Å². The molecule has 0 fully saturated rings. The second-order valence-corrected chi connectivity index (χ2v) is 15.7. The zero-order chi connectivity index (χ0) is 40.3. The van der Waals surface area contributed by atoms with Crippen molar-refractivity contribution in [2.75, 3.05) is 4.90 Å². The van der Waals surface area contributed by atoms with Crippen LogP contribution in [0.3, 0.4) is 0 Å². The standard InChI is InChI=1S/C58H38N2O/c1-3-13-39(14-4-1)41-23-25-42(26-24-41)43-29-31-47(32-30-43)59(48-33-35-54-52(38-48)50-19-9-11-21-53(50)60(54)46-17-5-2-6-18-46)55-36-34-49(45-28-27-40-15-7-8-16-44(40)37-45)58-57(55)51-20-10-12-22-56(51)61-58/h1-38H. The van der Waals surface area contributed by atoms with E-state index in [4.69, 9.17) is 4.42 Å². The van der Waals surface area contributed by atoms with Crippen LogP contribution in [0.4, 0.5) is 17.1 Å². The lowest BCUT2D eigenvalue weighted by molar-refractivity contribution is 0.670. The molecule has 0 bridgehead atoms. The van der Waals surface area contributed by atoms with Gasteiger partial charge >= 0.3 is 0 Å². The molecule has 0 spiro atoms. The van der Waals surface area contributed by atoms with E-state index in [1.54, 1.807) is 0 Å². The van der Waals surface area contributed by atoms with Crippen LogP contribution >= 0.6 is 0 Å². The average molecular weight is 779 g/mol. The number of hydrogen-bond donors (Lipinski definition) is 0. The lowest BCUT2D eigenvalue weighted by Crippen LogP contribution is -2.10. The van der Waals surface area contributed by atoms with Gasteiger partial charge in [-0.05, 0) is 111 Å². The van der Waals surface area contributed by atoms with Gasteiger partial charge in [-0.2, -0.15) is 0 Å². The molecule has 2 aromatic heterocycles. The van der Waals surface area contributed by atoms with Crippen molar-refractivity contribution >= 4 is 71.6 Å². The van der Waals surface area contributed by atoms with Gasteiger partial charge in [-0.15, -0.1) is 0 Å². The number of nitrogens with zero attached hydrogens (tertiary/aromatic N) is 2. The predicted octanol–water partition coefficient (Wildman–Crippen LogP) is 16.3. The Morgan fingerprint density at radius 3 is 1.70 bits per heavy atom. The first kappa shape index (κ1) is 34.9. The van der Waals surface area contributed by atoms with E-state index in [0.717, 1.165) is 66.9 Å². The number of para-hydroxylation sites is 3. The molecular formula is C58H38N2O. The second kappa shape index (κ2) is 14.3. The predicted molar refractivity (Wildman–Crippen MR) is 257 cm³/mol. The summed E-state index contributed by atoms with van der Waals surface area (Å²) >= 11 is 0. The van der Waals surface area contributed by atoms with Crippen LogP contribution in [0, 0.1) is 0 Å². The maximum absolute atomic E-state index is 6.88. The Hall–Kier alpha value is -8.14. The molecule has 0 aliphatic heterocycles. The highest BCUT2D eigenvalue weighted by atomic mass is 16.3. The van der Waals surface area contributed by atoms with E-state index in [-0.39, 0.29) is 0 Å². The summed E-state index contributed by atoms with van der Waals surface area (Å²) in [5.74, 6) is 0. The van der Waals surface area contributed by atoms with E-state index in [0.29, 0.717) is 0 Å². The molecule has 0 atom stereocenters. The molecule has 0 N–H and O–H groups in total. The van der Waals surface area contributed by atoms with Gasteiger partial charge in [-0.3, -0.25) is 0 Å². The van der Waals surface area contributed by atoms with Crippen LogP contribution in [0.1, 0.15) is 0 Å². The van der Waals surface area contributed by atoms with Crippen molar-refractivity contribution in [2.24, 2.45) is 0 Å². The number of aromatic nitrogens is 1. The zero-order valence-corrected chi connectivity index (χ0v) is 33.2. The van der Waals surface area contributed by atoms with Crippen molar-refractivity contribution in [3.63, 3.8) is 0 Å². The molecule has 12 rings (SSSR count). The molecule has 2 heterocycles. The lowest BCUT2D eigenvalue weighted by atomic mass is 9.97. The second-order valence-electron chi connectivity index (χ2n) is 15.7. The van der Waals surface area contributed by atoms with E-state index in [1.807, 2.05) is 0 Å². The topological polar surface area (TPSA) is 21.3 Å². The minimum Gasteiger partial charge on any atom is -0.455 e. The van der Waals surface area contributed by atoms with Crippen molar-refractivity contribution in [3.8, 4) is 39.1 Å². The molecular weight excluding hydrogens is 741 g/mol. The Kier molecular flexibility index (Phi) is 8.17. The summed E-state index contributed by atoms with van der Waals surface area (Å²) in [6.07, 6.45) is 0. The summed E-state index contributed by atoms with van der Waals surface area (Å²) < 4.78 is 9.25. The van der Waals surface area contributed by atoms with Crippen molar-refractivity contribution in [1.82, 2.24) is 4.57 Å². The summed E-state index contributed by atoms with van der Waals surface area (Å²) in [7, 11) is 0. The first-order valence-electron chi connectivity index (χ1n) is 20.8. The number of furan rings is 1. The SMILES string of the molecule is c1ccc(-c2ccc(-c3ccc(N(c4ccc5c(c4)c4ccccc4n5-c4ccccc4)c4ccc(-c5ccc6ccccc6c5)c5oc6ccccc6c45)cc3)cc2)cc1. The molecule has 61 heavy (non-hydrogen) atoms.